The molecule has 8 nitrogen and oxygen atoms in total. The third-order valence-corrected chi connectivity index (χ3v) is 3.93. The molecule has 1 heterocycles. The van der Waals surface area contributed by atoms with Crippen LogP contribution in [0.25, 0.3) is 0 Å². The molecular weight excluding hydrogens is 324 g/mol. The zero-order valence-corrected chi connectivity index (χ0v) is 15.0. The number of methoxy groups -OCH3 is 1. The average molecular weight is 348 g/mol. The van der Waals surface area contributed by atoms with Crippen LogP contribution in [0, 0.1) is 24.0 Å². The standard InChI is InChI=1S/C17H24N4O4/c1-12-5-14(6-13(2)17(12)25-4)8-19(3)10-16(22)11-20-9-15(7-18-20)21(23)24/h5-7,9,16,22H,8,10-11H2,1-4H3. The lowest BCUT2D eigenvalue weighted by molar-refractivity contribution is -0.385. The first-order chi connectivity index (χ1) is 11.8. The van der Waals surface area contributed by atoms with Gasteiger partial charge in [-0.3, -0.25) is 19.7 Å². The number of aliphatic hydroxyl groups excluding tert-OH is 1. The van der Waals surface area contributed by atoms with Crippen molar-refractivity contribution in [2.75, 3.05) is 20.7 Å². The van der Waals surface area contributed by atoms with Crippen LogP contribution in [0.15, 0.2) is 24.5 Å². The molecule has 0 bridgehead atoms. The first kappa shape index (κ1) is 18.9. The van der Waals surface area contributed by atoms with Crippen LogP contribution in [0.2, 0.25) is 0 Å². The van der Waals surface area contributed by atoms with E-state index in [0.717, 1.165) is 22.4 Å². The van der Waals surface area contributed by atoms with Crippen molar-refractivity contribution in [2.24, 2.45) is 0 Å². The molecule has 2 aromatic rings. The Morgan fingerprint density at radius 1 is 1.40 bits per heavy atom. The van der Waals surface area contributed by atoms with Crippen molar-refractivity contribution in [1.29, 1.82) is 0 Å². The van der Waals surface area contributed by atoms with E-state index < -0.39 is 11.0 Å². The molecule has 0 saturated heterocycles. The van der Waals surface area contributed by atoms with Gasteiger partial charge in [0.1, 0.15) is 18.1 Å². The van der Waals surface area contributed by atoms with Crippen molar-refractivity contribution in [1.82, 2.24) is 14.7 Å². The van der Waals surface area contributed by atoms with E-state index in [2.05, 4.69) is 17.2 Å². The van der Waals surface area contributed by atoms with Crippen molar-refractivity contribution >= 4 is 5.69 Å². The van der Waals surface area contributed by atoms with Gasteiger partial charge in [0.25, 0.3) is 0 Å². The molecule has 1 unspecified atom stereocenters. The van der Waals surface area contributed by atoms with Crippen molar-refractivity contribution < 1.29 is 14.8 Å². The lowest BCUT2D eigenvalue weighted by Crippen LogP contribution is -2.32. The molecule has 25 heavy (non-hydrogen) atoms. The van der Waals surface area contributed by atoms with Gasteiger partial charge in [-0.15, -0.1) is 0 Å². The minimum atomic E-state index is -0.676. The summed E-state index contributed by atoms with van der Waals surface area (Å²) >= 11 is 0. The molecule has 0 amide bonds. The van der Waals surface area contributed by atoms with Crippen molar-refractivity contribution in [3.63, 3.8) is 0 Å². The Balaban J connectivity index is 1.92. The van der Waals surface area contributed by atoms with Gasteiger partial charge in [0.2, 0.25) is 0 Å². The molecule has 1 N–H and O–H groups in total. The molecule has 1 aromatic heterocycles. The summed E-state index contributed by atoms with van der Waals surface area (Å²) in [5.41, 5.74) is 3.22. The van der Waals surface area contributed by atoms with E-state index in [4.69, 9.17) is 4.74 Å². The zero-order valence-electron chi connectivity index (χ0n) is 15.0. The molecule has 0 saturated carbocycles. The average Bonchev–Trinajstić information content (AvgIpc) is 2.95. The van der Waals surface area contributed by atoms with Gasteiger partial charge in [-0.25, -0.2) is 0 Å². The number of ether oxygens (including phenoxy) is 1. The largest absolute Gasteiger partial charge is 0.496 e. The minimum Gasteiger partial charge on any atom is -0.496 e. The lowest BCUT2D eigenvalue weighted by atomic mass is 10.1. The summed E-state index contributed by atoms with van der Waals surface area (Å²) in [7, 11) is 3.58. The van der Waals surface area contributed by atoms with E-state index >= 15 is 0 Å². The highest BCUT2D eigenvalue weighted by Crippen LogP contribution is 2.24. The summed E-state index contributed by atoms with van der Waals surface area (Å²) in [6.45, 7) is 5.34. The van der Waals surface area contributed by atoms with Gasteiger partial charge in [0.05, 0.1) is 24.7 Å². The molecule has 0 fully saturated rings. The van der Waals surface area contributed by atoms with Gasteiger partial charge >= 0.3 is 5.69 Å². The van der Waals surface area contributed by atoms with Gasteiger partial charge < -0.3 is 9.84 Å². The molecule has 0 aliphatic carbocycles. The maximum atomic E-state index is 10.7. The molecule has 0 aliphatic rings. The fourth-order valence-corrected chi connectivity index (χ4v) is 3.01. The second kappa shape index (κ2) is 8.09. The monoisotopic (exact) mass is 348 g/mol. The smallest absolute Gasteiger partial charge is 0.306 e. The number of likely N-dealkylation sites (N-methyl/N-ethyl adjacent to an activating group) is 1. The summed E-state index contributed by atoms with van der Waals surface area (Å²) in [4.78, 5) is 12.2. The Morgan fingerprint density at radius 2 is 2.04 bits per heavy atom. The Morgan fingerprint density at radius 3 is 2.56 bits per heavy atom. The third-order valence-electron chi connectivity index (χ3n) is 3.93. The fraction of sp³-hybridized carbons (Fsp3) is 0.471. The first-order valence-electron chi connectivity index (χ1n) is 7.97. The van der Waals surface area contributed by atoms with E-state index in [9.17, 15) is 15.2 Å². The van der Waals surface area contributed by atoms with E-state index in [0.29, 0.717) is 13.1 Å². The highest BCUT2D eigenvalue weighted by molar-refractivity contribution is 5.43. The Kier molecular flexibility index (Phi) is 6.11. The quantitative estimate of drug-likeness (QED) is 0.578. The van der Waals surface area contributed by atoms with Crippen molar-refractivity contribution in [3.05, 3.63) is 51.3 Å². The Hall–Kier alpha value is -2.45. The first-order valence-corrected chi connectivity index (χ1v) is 7.97. The van der Waals surface area contributed by atoms with Gasteiger partial charge in [0, 0.05) is 13.1 Å². The van der Waals surface area contributed by atoms with Crippen LogP contribution in [0.3, 0.4) is 0 Å². The van der Waals surface area contributed by atoms with Gasteiger partial charge in [-0.1, -0.05) is 12.1 Å². The Bertz CT molecular complexity index is 721. The number of aliphatic hydroxyl groups is 1. The number of hydrogen-bond acceptors (Lipinski definition) is 6. The second-order valence-electron chi connectivity index (χ2n) is 6.29. The topological polar surface area (TPSA) is 93.7 Å². The second-order valence-corrected chi connectivity index (χ2v) is 6.29. The SMILES string of the molecule is COc1c(C)cc(CN(C)CC(O)Cn2cc([N+](=O)[O-])cn2)cc1C. The number of hydrogen-bond donors (Lipinski definition) is 1. The zero-order chi connectivity index (χ0) is 18.6. The predicted octanol–water partition coefficient (Wildman–Crippen LogP) is 1.91. The van der Waals surface area contributed by atoms with Crippen LogP contribution in [0.5, 0.6) is 5.75 Å². The van der Waals surface area contributed by atoms with E-state index in [-0.39, 0.29) is 12.2 Å². The Labute approximate surface area is 146 Å². The maximum Gasteiger partial charge on any atom is 0.306 e. The molecule has 2 rings (SSSR count). The van der Waals surface area contributed by atoms with Crippen molar-refractivity contribution in [3.8, 4) is 5.75 Å². The third kappa shape index (κ3) is 5.01. The van der Waals surface area contributed by atoms with E-state index in [1.807, 2.05) is 25.8 Å². The molecular formula is C17H24N4O4. The normalized spacial score (nSPS) is 12.4. The van der Waals surface area contributed by atoms with Crippen LogP contribution in [-0.4, -0.2) is 51.5 Å². The molecule has 8 heteroatoms. The van der Waals surface area contributed by atoms with E-state index in [1.165, 1.54) is 17.1 Å². The number of nitro groups is 1. The van der Waals surface area contributed by atoms with Gasteiger partial charge in [0.15, 0.2) is 0 Å². The lowest BCUT2D eigenvalue weighted by Gasteiger charge is -2.21. The van der Waals surface area contributed by atoms with Crippen LogP contribution in [-0.2, 0) is 13.1 Å². The molecule has 1 atom stereocenters. The van der Waals surface area contributed by atoms with Crippen LogP contribution < -0.4 is 4.74 Å². The van der Waals surface area contributed by atoms with Gasteiger partial charge in [-0.05, 0) is 37.6 Å². The molecule has 136 valence electrons. The summed E-state index contributed by atoms with van der Waals surface area (Å²) in [6, 6.07) is 4.15. The molecule has 0 radical (unpaired) electrons. The summed E-state index contributed by atoms with van der Waals surface area (Å²) in [6.07, 6.45) is 1.82. The number of benzene rings is 1. The number of aromatic nitrogens is 2. The van der Waals surface area contributed by atoms with Crippen LogP contribution >= 0.6 is 0 Å². The van der Waals surface area contributed by atoms with Gasteiger partial charge in [-0.2, -0.15) is 5.10 Å². The molecule has 0 spiro atoms. The highest BCUT2D eigenvalue weighted by Gasteiger charge is 2.14. The maximum absolute atomic E-state index is 10.7. The number of rotatable bonds is 8. The summed E-state index contributed by atoms with van der Waals surface area (Å²) in [5, 5.41) is 24.7. The molecule has 1 aromatic carbocycles. The van der Waals surface area contributed by atoms with Crippen LogP contribution in [0.4, 0.5) is 5.69 Å². The van der Waals surface area contributed by atoms with Crippen molar-refractivity contribution in [2.45, 2.75) is 33.0 Å². The van der Waals surface area contributed by atoms with Crippen LogP contribution in [0.1, 0.15) is 16.7 Å². The highest BCUT2D eigenvalue weighted by atomic mass is 16.6. The summed E-state index contributed by atoms with van der Waals surface area (Å²) < 4.78 is 6.76. The van der Waals surface area contributed by atoms with E-state index in [1.54, 1.807) is 7.11 Å². The fourth-order valence-electron chi connectivity index (χ4n) is 3.01. The molecule has 0 aliphatic heterocycles. The number of aryl methyl sites for hydroxylation is 2. The summed E-state index contributed by atoms with van der Waals surface area (Å²) in [5.74, 6) is 0.895. The predicted molar refractivity (Wildman–Crippen MR) is 93.7 cm³/mol. The number of nitrogens with zero attached hydrogens (tertiary/aromatic N) is 4. The minimum absolute atomic E-state index is 0.0789.